The number of likely N-dealkylation sites (tertiary alicyclic amines) is 1. The van der Waals surface area contributed by atoms with Crippen LogP contribution in [0.3, 0.4) is 0 Å². The fraction of sp³-hybridized carbons (Fsp3) is 0.381. The van der Waals surface area contributed by atoms with Gasteiger partial charge in [0.1, 0.15) is 0 Å². The van der Waals surface area contributed by atoms with Gasteiger partial charge in [-0.25, -0.2) is 0 Å². The van der Waals surface area contributed by atoms with Crippen molar-refractivity contribution < 1.29 is 14.3 Å². The summed E-state index contributed by atoms with van der Waals surface area (Å²) >= 11 is 0. The smallest absolute Gasteiger partial charge is 0.251 e. The van der Waals surface area contributed by atoms with Gasteiger partial charge in [-0.2, -0.15) is 0 Å². The van der Waals surface area contributed by atoms with Crippen LogP contribution in [0.5, 0.6) is 11.5 Å². The number of carbonyl (C=O) groups excluding carboxylic acids is 1. The summed E-state index contributed by atoms with van der Waals surface area (Å²) in [6.45, 7) is 4.21. The molecule has 1 fully saturated rings. The number of amides is 1. The molecule has 26 heavy (non-hydrogen) atoms. The van der Waals surface area contributed by atoms with Gasteiger partial charge in [-0.1, -0.05) is 24.6 Å². The van der Waals surface area contributed by atoms with Gasteiger partial charge >= 0.3 is 0 Å². The molecule has 4 rings (SSSR count). The van der Waals surface area contributed by atoms with Crippen LogP contribution in [-0.2, 0) is 0 Å². The van der Waals surface area contributed by atoms with Gasteiger partial charge in [0.05, 0.1) is 0 Å². The minimum absolute atomic E-state index is 0.0146. The molecule has 136 valence electrons. The Labute approximate surface area is 153 Å². The first-order valence-electron chi connectivity index (χ1n) is 9.30. The molecule has 0 atom stereocenters. The van der Waals surface area contributed by atoms with E-state index in [9.17, 15) is 4.79 Å². The van der Waals surface area contributed by atoms with Crippen LogP contribution in [0.2, 0.25) is 0 Å². The van der Waals surface area contributed by atoms with Crippen molar-refractivity contribution in [2.24, 2.45) is 0 Å². The highest BCUT2D eigenvalue weighted by Gasteiger charge is 2.14. The Hall–Kier alpha value is -2.53. The zero-order valence-corrected chi connectivity index (χ0v) is 14.9. The highest BCUT2D eigenvalue weighted by Crippen LogP contribution is 2.35. The largest absolute Gasteiger partial charge is 0.454 e. The molecule has 1 saturated heterocycles. The third-order valence-electron chi connectivity index (χ3n) is 5.02. The van der Waals surface area contributed by atoms with Crippen molar-refractivity contribution in [3.05, 3.63) is 48.0 Å². The molecule has 2 aromatic rings. The van der Waals surface area contributed by atoms with Gasteiger partial charge < -0.3 is 19.7 Å². The molecular weight excluding hydrogens is 328 g/mol. The number of ether oxygens (including phenoxy) is 2. The molecule has 0 aliphatic carbocycles. The molecule has 0 aromatic heterocycles. The Morgan fingerprint density at radius 3 is 2.46 bits per heavy atom. The van der Waals surface area contributed by atoms with Crippen molar-refractivity contribution in [2.75, 3.05) is 33.0 Å². The third-order valence-corrected chi connectivity index (χ3v) is 5.02. The van der Waals surface area contributed by atoms with Crippen molar-refractivity contribution in [3.8, 4) is 22.6 Å². The van der Waals surface area contributed by atoms with Crippen LogP contribution in [0.1, 0.15) is 29.6 Å². The zero-order valence-electron chi connectivity index (χ0n) is 14.9. The number of nitrogens with one attached hydrogen (secondary N) is 1. The molecule has 1 N–H and O–H groups in total. The Morgan fingerprint density at radius 2 is 1.65 bits per heavy atom. The summed E-state index contributed by atoms with van der Waals surface area (Å²) in [4.78, 5) is 14.7. The number of rotatable bonds is 5. The molecule has 0 unspecified atom stereocenters. The summed E-state index contributed by atoms with van der Waals surface area (Å²) in [6, 6.07) is 13.6. The summed E-state index contributed by atoms with van der Waals surface area (Å²) in [6.07, 6.45) is 3.88. The molecule has 0 bridgehead atoms. The third kappa shape index (κ3) is 3.83. The molecule has 1 amide bonds. The number of nitrogens with zero attached hydrogens (tertiary/aromatic N) is 1. The minimum atomic E-state index is -0.0146. The summed E-state index contributed by atoms with van der Waals surface area (Å²) in [5.74, 6) is 1.53. The number of carbonyl (C=O) groups is 1. The second kappa shape index (κ2) is 7.79. The second-order valence-corrected chi connectivity index (χ2v) is 6.80. The van der Waals surface area contributed by atoms with Gasteiger partial charge in [0.15, 0.2) is 11.5 Å². The first-order chi connectivity index (χ1) is 12.8. The SMILES string of the molecule is O=C(NCCN1CCCCC1)c1ccc(-c2ccc3c(c2)OCO3)cc1. The Bertz CT molecular complexity index is 767. The maximum atomic E-state index is 12.3. The van der Waals surface area contributed by atoms with E-state index in [1.54, 1.807) is 0 Å². The van der Waals surface area contributed by atoms with Crippen LogP contribution in [0.4, 0.5) is 0 Å². The summed E-state index contributed by atoms with van der Waals surface area (Å²) in [7, 11) is 0. The lowest BCUT2D eigenvalue weighted by Crippen LogP contribution is -2.37. The van der Waals surface area contributed by atoms with E-state index >= 15 is 0 Å². The van der Waals surface area contributed by atoms with Gasteiger partial charge in [-0.15, -0.1) is 0 Å². The average molecular weight is 352 g/mol. The fourth-order valence-electron chi connectivity index (χ4n) is 3.50. The predicted octanol–water partition coefficient (Wildman–Crippen LogP) is 3.30. The molecular formula is C21H24N2O3. The Kier molecular flexibility index (Phi) is 5.07. The lowest BCUT2D eigenvalue weighted by Gasteiger charge is -2.26. The monoisotopic (exact) mass is 352 g/mol. The summed E-state index contributed by atoms with van der Waals surface area (Å²) in [5.41, 5.74) is 2.78. The maximum absolute atomic E-state index is 12.3. The van der Waals surface area contributed by atoms with Crippen LogP contribution < -0.4 is 14.8 Å². The predicted molar refractivity (Wildman–Crippen MR) is 101 cm³/mol. The molecule has 0 radical (unpaired) electrons. The van der Waals surface area contributed by atoms with E-state index < -0.39 is 0 Å². The van der Waals surface area contributed by atoms with Gasteiger partial charge in [0, 0.05) is 18.7 Å². The number of piperidine rings is 1. The van der Waals surface area contributed by atoms with E-state index in [2.05, 4.69) is 10.2 Å². The van der Waals surface area contributed by atoms with Crippen LogP contribution >= 0.6 is 0 Å². The molecule has 5 heteroatoms. The molecule has 2 aliphatic heterocycles. The first-order valence-corrected chi connectivity index (χ1v) is 9.30. The second-order valence-electron chi connectivity index (χ2n) is 6.80. The van der Waals surface area contributed by atoms with E-state index in [4.69, 9.17) is 9.47 Å². The van der Waals surface area contributed by atoms with Crippen LogP contribution in [0.25, 0.3) is 11.1 Å². The van der Waals surface area contributed by atoms with Crippen LogP contribution in [-0.4, -0.2) is 43.8 Å². The summed E-state index contributed by atoms with van der Waals surface area (Å²) < 4.78 is 10.8. The van der Waals surface area contributed by atoms with Crippen molar-refractivity contribution in [3.63, 3.8) is 0 Å². The lowest BCUT2D eigenvalue weighted by atomic mass is 10.0. The number of hydrogen-bond donors (Lipinski definition) is 1. The van der Waals surface area contributed by atoms with Gasteiger partial charge in [0.25, 0.3) is 5.91 Å². The standard InChI is InChI=1S/C21H24N2O3/c24-21(22-10-13-23-11-2-1-3-12-23)17-6-4-16(5-7-17)18-8-9-19-20(14-18)26-15-25-19/h4-9,14H,1-3,10-13,15H2,(H,22,24). The Balaban J connectivity index is 1.34. The summed E-state index contributed by atoms with van der Waals surface area (Å²) in [5, 5.41) is 3.02. The highest BCUT2D eigenvalue weighted by atomic mass is 16.7. The van der Waals surface area contributed by atoms with Crippen molar-refractivity contribution in [1.29, 1.82) is 0 Å². The Morgan fingerprint density at radius 1 is 0.923 bits per heavy atom. The number of fused-ring (bicyclic) bond motifs is 1. The molecule has 0 spiro atoms. The van der Waals surface area contributed by atoms with Gasteiger partial charge in [-0.3, -0.25) is 4.79 Å². The molecule has 0 saturated carbocycles. The molecule has 2 heterocycles. The topological polar surface area (TPSA) is 50.8 Å². The van der Waals surface area contributed by atoms with Crippen LogP contribution in [0, 0.1) is 0 Å². The van der Waals surface area contributed by atoms with E-state index in [0.717, 1.165) is 42.3 Å². The minimum Gasteiger partial charge on any atom is -0.454 e. The first kappa shape index (κ1) is 16.9. The zero-order chi connectivity index (χ0) is 17.8. The van der Waals surface area contributed by atoms with Crippen molar-refractivity contribution in [1.82, 2.24) is 10.2 Å². The van der Waals surface area contributed by atoms with E-state index in [1.165, 1.54) is 19.3 Å². The quantitative estimate of drug-likeness (QED) is 0.897. The maximum Gasteiger partial charge on any atom is 0.251 e. The molecule has 5 nitrogen and oxygen atoms in total. The van der Waals surface area contributed by atoms with E-state index in [0.29, 0.717) is 12.1 Å². The van der Waals surface area contributed by atoms with Gasteiger partial charge in [0.2, 0.25) is 6.79 Å². The molecule has 2 aliphatic rings. The normalized spacial score (nSPS) is 16.5. The van der Waals surface area contributed by atoms with Crippen molar-refractivity contribution >= 4 is 5.91 Å². The van der Waals surface area contributed by atoms with E-state index in [1.807, 2.05) is 42.5 Å². The number of benzene rings is 2. The fourth-order valence-corrected chi connectivity index (χ4v) is 3.50. The highest BCUT2D eigenvalue weighted by molar-refractivity contribution is 5.94. The average Bonchev–Trinajstić information content (AvgIpc) is 3.17. The number of hydrogen-bond acceptors (Lipinski definition) is 4. The van der Waals surface area contributed by atoms with Crippen LogP contribution in [0.15, 0.2) is 42.5 Å². The van der Waals surface area contributed by atoms with Gasteiger partial charge in [-0.05, 0) is 61.3 Å². The van der Waals surface area contributed by atoms with E-state index in [-0.39, 0.29) is 12.7 Å². The lowest BCUT2D eigenvalue weighted by molar-refractivity contribution is 0.0946. The van der Waals surface area contributed by atoms with Crippen molar-refractivity contribution in [2.45, 2.75) is 19.3 Å². The molecule has 2 aromatic carbocycles.